The van der Waals surface area contributed by atoms with E-state index in [0.29, 0.717) is 17.9 Å². The topological polar surface area (TPSA) is 78.7 Å². The number of nitro benzene ring substituents is 1. The maximum absolute atomic E-state index is 12.7. The van der Waals surface area contributed by atoms with Crippen LogP contribution in [0.2, 0.25) is 0 Å². The number of hydrogen-bond donors (Lipinski definition) is 0. The van der Waals surface area contributed by atoms with Crippen molar-refractivity contribution in [1.29, 1.82) is 0 Å². The minimum absolute atomic E-state index is 0.126. The molecule has 0 fully saturated rings. The van der Waals surface area contributed by atoms with E-state index in [1.165, 1.54) is 25.7 Å². The quantitative estimate of drug-likeness (QED) is 0.0349. The second-order valence-corrected chi connectivity index (χ2v) is 11.2. The van der Waals surface area contributed by atoms with Crippen LogP contribution in [0.15, 0.2) is 78.9 Å². The van der Waals surface area contributed by atoms with Gasteiger partial charge in [0.05, 0.1) is 17.1 Å². The van der Waals surface area contributed by atoms with Crippen LogP contribution in [-0.4, -0.2) is 17.5 Å². The second kappa shape index (κ2) is 18.6. The molecule has 0 spiro atoms. The Morgan fingerprint density at radius 1 is 0.791 bits per heavy atom. The first-order valence-corrected chi connectivity index (χ1v) is 15.9. The van der Waals surface area contributed by atoms with Gasteiger partial charge in [0, 0.05) is 11.6 Å². The van der Waals surface area contributed by atoms with Gasteiger partial charge in [-0.25, -0.2) is 4.79 Å². The Balaban J connectivity index is 1.51. The molecule has 0 aliphatic rings. The van der Waals surface area contributed by atoms with Crippen molar-refractivity contribution in [3.8, 4) is 22.6 Å². The van der Waals surface area contributed by atoms with Crippen molar-refractivity contribution in [2.24, 2.45) is 0 Å². The molecule has 3 aromatic rings. The van der Waals surface area contributed by atoms with Crippen molar-refractivity contribution >= 4 is 11.7 Å². The van der Waals surface area contributed by atoms with Crippen LogP contribution < -0.4 is 9.47 Å². The maximum atomic E-state index is 12.7. The van der Waals surface area contributed by atoms with E-state index in [9.17, 15) is 14.9 Å². The van der Waals surface area contributed by atoms with Crippen molar-refractivity contribution in [2.45, 2.75) is 97.3 Å². The first-order valence-electron chi connectivity index (χ1n) is 15.9. The lowest BCUT2D eigenvalue weighted by Gasteiger charge is -2.13. The lowest BCUT2D eigenvalue weighted by molar-refractivity contribution is -0.385. The van der Waals surface area contributed by atoms with Crippen molar-refractivity contribution in [3.63, 3.8) is 0 Å². The van der Waals surface area contributed by atoms with Crippen LogP contribution in [0.25, 0.3) is 11.1 Å². The Bertz CT molecular complexity index is 1300. The number of ether oxygens (including phenoxy) is 2. The molecule has 0 aliphatic heterocycles. The van der Waals surface area contributed by atoms with Crippen molar-refractivity contribution < 1.29 is 19.2 Å². The predicted molar refractivity (Wildman–Crippen MR) is 175 cm³/mol. The molecule has 0 bridgehead atoms. The summed E-state index contributed by atoms with van der Waals surface area (Å²) in [5.74, 6) is 0.804. The molecule has 0 aromatic heterocycles. The highest BCUT2D eigenvalue weighted by molar-refractivity contribution is 5.91. The van der Waals surface area contributed by atoms with Crippen LogP contribution in [-0.2, 0) is 0 Å². The lowest BCUT2D eigenvalue weighted by Crippen LogP contribution is -2.08. The number of unbranched alkanes of at least 4 members (excludes halogenated alkanes) is 7. The molecule has 43 heavy (non-hydrogen) atoms. The van der Waals surface area contributed by atoms with Crippen molar-refractivity contribution in [3.05, 3.63) is 100 Å². The van der Waals surface area contributed by atoms with Crippen LogP contribution in [0.1, 0.15) is 113 Å². The Hall–Kier alpha value is -3.93. The van der Waals surface area contributed by atoms with Gasteiger partial charge in [0.1, 0.15) is 11.5 Å². The molecule has 6 heteroatoms. The zero-order valence-corrected chi connectivity index (χ0v) is 26.1. The molecule has 0 saturated heterocycles. The number of rotatable bonds is 19. The van der Waals surface area contributed by atoms with E-state index in [4.69, 9.17) is 9.47 Å². The molecule has 0 amide bonds. The van der Waals surface area contributed by atoms with Gasteiger partial charge >= 0.3 is 5.97 Å². The number of allylic oxidation sites excluding steroid dienone is 2. The van der Waals surface area contributed by atoms with Gasteiger partial charge in [-0.3, -0.25) is 10.1 Å². The summed E-state index contributed by atoms with van der Waals surface area (Å²) in [6.45, 7) is 7.09. The van der Waals surface area contributed by atoms with Crippen molar-refractivity contribution in [1.82, 2.24) is 0 Å². The molecule has 3 aromatic carbocycles. The molecule has 3 rings (SSSR count). The number of benzene rings is 3. The first kappa shape index (κ1) is 33.6. The number of esters is 1. The molecule has 0 N–H and O–H groups in total. The summed E-state index contributed by atoms with van der Waals surface area (Å²) in [6, 6.07) is 19.5. The fourth-order valence-corrected chi connectivity index (χ4v) is 5.01. The van der Waals surface area contributed by atoms with Gasteiger partial charge in [-0.15, -0.1) is 0 Å². The second-order valence-electron chi connectivity index (χ2n) is 11.2. The summed E-state index contributed by atoms with van der Waals surface area (Å²) in [4.78, 5) is 24.3. The summed E-state index contributed by atoms with van der Waals surface area (Å²) >= 11 is 0. The zero-order chi connectivity index (χ0) is 30.9. The molecule has 0 aliphatic carbocycles. The van der Waals surface area contributed by atoms with E-state index in [2.05, 4.69) is 32.9 Å². The van der Waals surface area contributed by atoms with Gasteiger partial charge in [0.2, 0.25) is 0 Å². The fraction of sp³-hybridized carbons (Fsp3) is 0.432. The standard InChI is InChI=1S/C37H47NO5/c1-4-6-8-10-11-12-13-15-27-42-33-22-19-31(20-23-33)37(39)43-34-24-17-30(18-25-34)32-21-26-35(36(28-32)38(40)41)29(3)16-14-9-7-5-2/h10-11,17-26,28-29H,4-9,12-16,27H2,1-3H3/b11-10+/t29-/m0/s1. The third-order valence-corrected chi connectivity index (χ3v) is 7.66. The molecule has 230 valence electrons. The van der Waals surface area contributed by atoms with Crippen molar-refractivity contribution in [2.75, 3.05) is 6.61 Å². The smallest absolute Gasteiger partial charge is 0.343 e. The molecule has 6 nitrogen and oxygen atoms in total. The minimum Gasteiger partial charge on any atom is -0.494 e. The van der Waals surface area contributed by atoms with Crippen LogP contribution in [0.5, 0.6) is 11.5 Å². The number of carbonyl (C=O) groups excluding carboxylic acids is 1. The van der Waals surface area contributed by atoms with E-state index < -0.39 is 5.97 Å². The highest BCUT2D eigenvalue weighted by Crippen LogP contribution is 2.34. The van der Waals surface area contributed by atoms with Crippen LogP contribution in [0, 0.1) is 10.1 Å². The lowest BCUT2D eigenvalue weighted by atomic mass is 9.91. The monoisotopic (exact) mass is 585 g/mol. The van der Waals surface area contributed by atoms with Gasteiger partial charge in [0.15, 0.2) is 0 Å². The maximum Gasteiger partial charge on any atom is 0.343 e. The Morgan fingerprint density at radius 3 is 2.12 bits per heavy atom. The third kappa shape index (κ3) is 11.3. The van der Waals surface area contributed by atoms with Gasteiger partial charge < -0.3 is 9.47 Å². The highest BCUT2D eigenvalue weighted by Gasteiger charge is 2.20. The number of nitrogens with zero attached hydrogens (tertiary/aromatic N) is 1. The Kier molecular flexibility index (Phi) is 14.5. The average Bonchev–Trinajstić information content (AvgIpc) is 3.02. The van der Waals surface area contributed by atoms with Gasteiger partial charge in [0.25, 0.3) is 5.69 Å². The van der Waals surface area contributed by atoms with Crippen LogP contribution in [0.4, 0.5) is 5.69 Å². The Morgan fingerprint density at radius 2 is 1.44 bits per heavy atom. The first-order chi connectivity index (χ1) is 20.9. The van der Waals surface area contributed by atoms with E-state index in [1.807, 2.05) is 24.3 Å². The molecule has 0 unspecified atom stereocenters. The highest BCUT2D eigenvalue weighted by atomic mass is 16.6. The minimum atomic E-state index is -0.456. The summed E-state index contributed by atoms with van der Waals surface area (Å²) in [5, 5.41) is 11.9. The summed E-state index contributed by atoms with van der Waals surface area (Å²) < 4.78 is 11.4. The SMILES string of the molecule is CCCC/C=C/CCCCOc1ccc(C(=O)Oc2ccc(-c3ccc([C@@H](C)CCCCCC)c([N+](=O)[O-])c3)cc2)cc1. The predicted octanol–water partition coefficient (Wildman–Crippen LogP) is 10.9. The summed E-state index contributed by atoms with van der Waals surface area (Å²) in [5.41, 5.74) is 2.93. The number of hydrogen-bond acceptors (Lipinski definition) is 5. The largest absolute Gasteiger partial charge is 0.494 e. The number of nitro groups is 1. The third-order valence-electron chi connectivity index (χ3n) is 7.66. The van der Waals surface area contributed by atoms with Gasteiger partial charge in [-0.2, -0.15) is 0 Å². The normalized spacial score (nSPS) is 11.9. The fourth-order valence-electron chi connectivity index (χ4n) is 5.01. The Labute approximate surface area is 257 Å². The average molecular weight is 586 g/mol. The van der Waals surface area contributed by atoms with Gasteiger partial charge in [-0.05, 0) is 85.5 Å². The van der Waals surface area contributed by atoms with E-state index >= 15 is 0 Å². The summed E-state index contributed by atoms with van der Waals surface area (Å²) in [6.07, 6.45) is 16.8. The number of carbonyl (C=O) groups is 1. The van der Waals surface area contributed by atoms with Crippen LogP contribution >= 0.6 is 0 Å². The summed E-state index contributed by atoms with van der Waals surface area (Å²) in [7, 11) is 0. The molecular formula is C37H47NO5. The molecule has 1 atom stereocenters. The van der Waals surface area contributed by atoms with Gasteiger partial charge in [-0.1, -0.05) is 95.7 Å². The molecule has 0 saturated carbocycles. The van der Waals surface area contributed by atoms with Crippen LogP contribution in [0.3, 0.4) is 0 Å². The van der Waals surface area contributed by atoms with E-state index in [0.717, 1.165) is 67.4 Å². The van der Waals surface area contributed by atoms with E-state index in [1.54, 1.807) is 42.5 Å². The molecule has 0 heterocycles. The molecular weight excluding hydrogens is 538 g/mol. The van der Waals surface area contributed by atoms with E-state index in [-0.39, 0.29) is 16.5 Å². The molecule has 0 radical (unpaired) electrons. The zero-order valence-electron chi connectivity index (χ0n) is 26.1.